The van der Waals surface area contributed by atoms with Crippen LogP contribution in [0.1, 0.15) is 0 Å². The van der Waals surface area contributed by atoms with E-state index in [1.807, 2.05) is 0 Å². The lowest BCUT2D eigenvalue weighted by atomic mass is 10.1. The van der Waals surface area contributed by atoms with Crippen LogP contribution in [0.15, 0.2) is 9.98 Å². The van der Waals surface area contributed by atoms with Crippen LogP contribution >= 0.6 is 21.6 Å². The maximum Gasteiger partial charge on any atom is 0.234 e. The lowest BCUT2D eigenvalue weighted by Crippen LogP contribution is -2.20. The van der Waals surface area contributed by atoms with Gasteiger partial charge in [0.05, 0.1) is 13.1 Å². The van der Waals surface area contributed by atoms with E-state index in [2.05, 4.69) is 9.98 Å². The summed E-state index contributed by atoms with van der Waals surface area (Å²) in [6.45, 7) is 0.961. The van der Waals surface area contributed by atoms with Crippen molar-refractivity contribution < 1.29 is 9.59 Å². The summed E-state index contributed by atoms with van der Waals surface area (Å²) in [5.41, 5.74) is 0. The average molecular weight is 216 g/mol. The molecular formula is C7H8N2O2S2. The molecule has 1 aliphatic rings. The van der Waals surface area contributed by atoms with Crippen molar-refractivity contribution in [1.29, 1.82) is 0 Å². The van der Waals surface area contributed by atoms with Gasteiger partial charge in [0.15, 0.2) is 0 Å². The van der Waals surface area contributed by atoms with Crippen molar-refractivity contribution in [3.05, 3.63) is 0 Å². The maximum atomic E-state index is 9.89. The molecule has 0 aromatic rings. The van der Waals surface area contributed by atoms with Crippen molar-refractivity contribution in [2.24, 2.45) is 15.9 Å². The number of hydrogen-bond acceptors (Lipinski definition) is 6. The first-order valence-electron chi connectivity index (χ1n) is 3.74. The van der Waals surface area contributed by atoms with Crippen LogP contribution in [0.5, 0.6) is 0 Å². The summed E-state index contributed by atoms with van der Waals surface area (Å²) in [6.07, 6.45) is 3.04. The number of rotatable bonds is 4. The first-order chi connectivity index (χ1) is 6.38. The Balaban J connectivity index is 2.42. The SMILES string of the molecule is O=C=NCC1CSSC1CN=C=O. The molecule has 2 atom stereocenters. The molecule has 0 radical (unpaired) electrons. The van der Waals surface area contributed by atoms with Gasteiger partial charge in [-0.15, -0.1) is 0 Å². The Morgan fingerprint density at radius 3 is 2.62 bits per heavy atom. The molecule has 0 aromatic heterocycles. The second kappa shape index (κ2) is 6.00. The van der Waals surface area contributed by atoms with Crippen LogP contribution in [0.25, 0.3) is 0 Å². The molecule has 0 aromatic carbocycles. The van der Waals surface area contributed by atoms with Crippen molar-refractivity contribution in [2.75, 3.05) is 18.8 Å². The monoisotopic (exact) mass is 216 g/mol. The summed E-state index contributed by atoms with van der Waals surface area (Å²) in [5, 5.41) is 0.281. The molecule has 0 amide bonds. The summed E-state index contributed by atoms with van der Waals surface area (Å²) in [7, 11) is 3.42. The van der Waals surface area contributed by atoms with E-state index in [4.69, 9.17) is 0 Å². The van der Waals surface area contributed by atoms with Gasteiger partial charge in [-0.25, -0.2) is 19.6 Å². The summed E-state index contributed by atoms with van der Waals surface area (Å²) in [5.74, 6) is 1.28. The minimum atomic E-state index is 0.281. The van der Waals surface area contributed by atoms with Gasteiger partial charge in [0.25, 0.3) is 0 Å². The number of aliphatic imine (C=N–C) groups is 2. The Bertz CT molecular complexity index is 233. The van der Waals surface area contributed by atoms with Gasteiger partial charge < -0.3 is 0 Å². The molecule has 2 unspecified atom stereocenters. The molecule has 4 nitrogen and oxygen atoms in total. The highest BCUT2D eigenvalue weighted by Gasteiger charge is 2.28. The Kier molecular flexibility index (Phi) is 4.86. The van der Waals surface area contributed by atoms with Crippen molar-refractivity contribution in [1.82, 2.24) is 0 Å². The van der Waals surface area contributed by atoms with Gasteiger partial charge in [-0.05, 0) is 0 Å². The first-order valence-corrected chi connectivity index (χ1v) is 6.12. The molecule has 0 bridgehead atoms. The van der Waals surface area contributed by atoms with Crippen LogP contribution in [-0.4, -0.2) is 36.3 Å². The zero-order chi connectivity index (χ0) is 9.52. The molecular weight excluding hydrogens is 208 g/mol. The number of nitrogens with zero attached hydrogens (tertiary/aromatic N) is 2. The quantitative estimate of drug-likeness (QED) is 0.400. The van der Waals surface area contributed by atoms with Crippen molar-refractivity contribution >= 4 is 33.7 Å². The minimum Gasteiger partial charge on any atom is -0.211 e. The zero-order valence-electron chi connectivity index (χ0n) is 6.80. The second-order valence-electron chi connectivity index (χ2n) is 2.54. The molecule has 1 rings (SSSR count). The molecule has 0 aliphatic carbocycles. The lowest BCUT2D eigenvalue weighted by molar-refractivity contribution is 0.545. The Morgan fingerprint density at radius 2 is 1.92 bits per heavy atom. The molecule has 1 aliphatic heterocycles. The van der Waals surface area contributed by atoms with Gasteiger partial charge >= 0.3 is 0 Å². The summed E-state index contributed by atoms with van der Waals surface area (Å²) < 4.78 is 0. The predicted octanol–water partition coefficient (Wildman–Crippen LogP) is 1.04. The van der Waals surface area contributed by atoms with Crippen LogP contribution in [0.4, 0.5) is 0 Å². The molecule has 1 saturated heterocycles. The van der Waals surface area contributed by atoms with Crippen molar-refractivity contribution in [2.45, 2.75) is 5.25 Å². The summed E-state index contributed by atoms with van der Waals surface area (Å²) in [6, 6.07) is 0. The highest BCUT2D eigenvalue weighted by Crippen LogP contribution is 2.41. The van der Waals surface area contributed by atoms with Crippen LogP contribution < -0.4 is 0 Å². The van der Waals surface area contributed by atoms with Crippen LogP contribution in [0, 0.1) is 5.92 Å². The number of isocyanates is 2. The van der Waals surface area contributed by atoms with Crippen LogP contribution in [0.3, 0.4) is 0 Å². The van der Waals surface area contributed by atoms with E-state index in [1.54, 1.807) is 21.6 Å². The van der Waals surface area contributed by atoms with Gasteiger partial charge in [-0.3, -0.25) is 0 Å². The maximum absolute atomic E-state index is 9.89. The van der Waals surface area contributed by atoms with Crippen LogP contribution in [-0.2, 0) is 9.59 Å². The van der Waals surface area contributed by atoms with Gasteiger partial charge in [0, 0.05) is 16.9 Å². The minimum absolute atomic E-state index is 0.281. The lowest BCUT2D eigenvalue weighted by Gasteiger charge is -2.10. The smallest absolute Gasteiger partial charge is 0.211 e. The van der Waals surface area contributed by atoms with E-state index >= 15 is 0 Å². The highest BCUT2D eigenvalue weighted by molar-refractivity contribution is 8.77. The highest BCUT2D eigenvalue weighted by atomic mass is 33.1. The fraction of sp³-hybridized carbons (Fsp3) is 0.714. The Hall–Kier alpha value is -0.540. The fourth-order valence-corrected chi connectivity index (χ4v) is 4.33. The third kappa shape index (κ3) is 3.36. The normalized spacial score (nSPS) is 26.2. The van der Waals surface area contributed by atoms with E-state index in [1.165, 1.54) is 12.2 Å². The topological polar surface area (TPSA) is 58.9 Å². The third-order valence-electron chi connectivity index (χ3n) is 1.73. The molecule has 6 heteroatoms. The van der Waals surface area contributed by atoms with Gasteiger partial charge in [0.1, 0.15) is 0 Å². The molecule has 1 fully saturated rings. The molecule has 0 saturated carbocycles. The molecule has 1 heterocycles. The predicted molar refractivity (Wildman–Crippen MR) is 53.3 cm³/mol. The van der Waals surface area contributed by atoms with Crippen molar-refractivity contribution in [3.63, 3.8) is 0 Å². The second-order valence-corrected chi connectivity index (χ2v) is 5.19. The van der Waals surface area contributed by atoms with E-state index in [0.29, 0.717) is 19.0 Å². The van der Waals surface area contributed by atoms with E-state index in [-0.39, 0.29) is 5.25 Å². The Morgan fingerprint density at radius 1 is 1.23 bits per heavy atom. The number of carbonyl (C=O) groups excluding carboxylic acids is 2. The standard InChI is InChI=1S/C7H8N2O2S2/c10-4-8-1-6-3-12-13-7(6)2-9-5-11/h6-7H,1-3H2. The van der Waals surface area contributed by atoms with Crippen molar-refractivity contribution in [3.8, 4) is 0 Å². The van der Waals surface area contributed by atoms with Gasteiger partial charge in [-0.2, -0.15) is 0 Å². The summed E-state index contributed by atoms with van der Waals surface area (Å²) >= 11 is 0. The fourth-order valence-electron chi connectivity index (χ4n) is 1.03. The molecule has 0 N–H and O–H groups in total. The van der Waals surface area contributed by atoms with Gasteiger partial charge in [-0.1, -0.05) is 21.6 Å². The van der Waals surface area contributed by atoms with Crippen LogP contribution in [0.2, 0.25) is 0 Å². The molecule has 13 heavy (non-hydrogen) atoms. The van der Waals surface area contributed by atoms with Gasteiger partial charge in [0.2, 0.25) is 12.2 Å². The van der Waals surface area contributed by atoms with E-state index < -0.39 is 0 Å². The molecule has 70 valence electrons. The Labute approximate surface area is 83.7 Å². The zero-order valence-corrected chi connectivity index (χ0v) is 8.44. The first kappa shape index (κ1) is 10.5. The average Bonchev–Trinajstić information content (AvgIpc) is 2.59. The molecule has 0 spiro atoms. The van der Waals surface area contributed by atoms with E-state index in [0.717, 1.165) is 5.75 Å². The largest absolute Gasteiger partial charge is 0.234 e. The summed E-state index contributed by atoms with van der Waals surface area (Å²) in [4.78, 5) is 26.9. The third-order valence-corrected chi connectivity index (χ3v) is 4.77. The van der Waals surface area contributed by atoms with E-state index in [9.17, 15) is 9.59 Å². The number of hydrogen-bond donors (Lipinski definition) is 0.